The molecular weight excluding hydrogens is 470 g/mol. The highest BCUT2D eigenvalue weighted by molar-refractivity contribution is 5.81. The molecule has 0 spiro atoms. The summed E-state index contributed by atoms with van der Waals surface area (Å²) in [4.78, 5) is 49.4. The maximum absolute atomic E-state index is 12.5. The molecule has 10 heteroatoms. The lowest BCUT2D eigenvalue weighted by atomic mass is 10.00. The van der Waals surface area contributed by atoms with Crippen molar-refractivity contribution in [3.8, 4) is 11.5 Å². The van der Waals surface area contributed by atoms with Crippen LogP contribution in [0.3, 0.4) is 0 Å². The van der Waals surface area contributed by atoms with E-state index in [2.05, 4.69) is 5.32 Å². The zero-order valence-corrected chi connectivity index (χ0v) is 22.2. The number of benzene rings is 1. The normalized spacial score (nSPS) is 15.1. The number of ether oxygens (including phenoxy) is 4. The van der Waals surface area contributed by atoms with Crippen molar-refractivity contribution in [2.24, 2.45) is 11.8 Å². The Bertz CT molecular complexity index is 917. The Hall–Kier alpha value is -3.14. The number of esters is 2. The number of carbonyl (C=O) groups is 4. The monoisotopic (exact) mass is 509 g/mol. The molecule has 10 nitrogen and oxygen atoms in total. The van der Waals surface area contributed by atoms with Crippen molar-refractivity contribution >= 4 is 24.1 Å². The molecule has 0 radical (unpaired) electrons. The average Bonchev–Trinajstić information content (AvgIpc) is 2.83. The van der Waals surface area contributed by atoms with Crippen LogP contribution in [0.5, 0.6) is 11.5 Å². The van der Waals surface area contributed by atoms with Crippen LogP contribution in [0, 0.1) is 11.8 Å². The van der Waals surface area contributed by atoms with Gasteiger partial charge in [-0.05, 0) is 50.8 Å². The second-order valence-corrected chi connectivity index (χ2v) is 8.79. The van der Waals surface area contributed by atoms with Gasteiger partial charge in [-0.15, -0.1) is 0 Å². The molecule has 3 unspecified atom stereocenters. The van der Waals surface area contributed by atoms with Crippen LogP contribution in [0.4, 0.5) is 4.79 Å². The van der Waals surface area contributed by atoms with Crippen molar-refractivity contribution in [1.29, 1.82) is 0 Å². The standard InChI is InChI=1S/C26H39NO9/c1-8-16(5)22(28)34-20-13-12-19(14-21(20)35-23(29)17(6)9-2)15-26(24(30)31,27-18(7)10-3)36-25(32)33-11-4/h12-14,16-18,27H,8-11,15H2,1-7H3,(H,30,31)/t16?,17?,18?,26-/m0/s1. The van der Waals surface area contributed by atoms with Crippen LogP contribution >= 0.6 is 0 Å². The molecule has 0 aliphatic rings. The molecule has 0 aliphatic heterocycles. The number of carboxylic acids is 1. The summed E-state index contributed by atoms with van der Waals surface area (Å²) in [6, 6.07) is 4.03. The minimum absolute atomic E-state index is 0.00379. The van der Waals surface area contributed by atoms with E-state index in [9.17, 15) is 24.3 Å². The highest BCUT2D eigenvalue weighted by Gasteiger charge is 2.44. The minimum Gasteiger partial charge on any atom is -0.477 e. The van der Waals surface area contributed by atoms with Crippen molar-refractivity contribution in [2.45, 2.75) is 85.9 Å². The predicted molar refractivity (Wildman–Crippen MR) is 132 cm³/mol. The van der Waals surface area contributed by atoms with Gasteiger partial charge in [0.2, 0.25) is 0 Å². The first kappa shape index (κ1) is 30.9. The van der Waals surface area contributed by atoms with E-state index in [1.165, 1.54) is 18.2 Å². The third-order valence-corrected chi connectivity index (χ3v) is 5.87. The van der Waals surface area contributed by atoms with Crippen LogP contribution in [0.2, 0.25) is 0 Å². The van der Waals surface area contributed by atoms with Gasteiger partial charge in [-0.25, -0.2) is 9.59 Å². The third-order valence-electron chi connectivity index (χ3n) is 5.87. The third kappa shape index (κ3) is 8.82. The topological polar surface area (TPSA) is 137 Å². The summed E-state index contributed by atoms with van der Waals surface area (Å²) < 4.78 is 21.1. The van der Waals surface area contributed by atoms with Gasteiger partial charge in [0.25, 0.3) is 5.72 Å². The molecule has 4 atom stereocenters. The summed E-state index contributed by atoms with van der Waals surface area (Å²) in [7, 11) is 0. The molecule has 0 saturated heterocycles. The molecule has 1 aromatic rings. The van der Waals surface area contributed by atoms with Gasteiger partial charge in [-0.3, -0.25) is 14.9 Å². The van der Waals surface area contributed by atoms with Gasteiger partial charge in [0.1, 0.15) is 0 Å². The van der Waals surface area contributed by atoms with Crippen molar-refractivity contribution in [1.82, 2.24) is 5.32 Å². The van der Waals surface area contributed by atoms with E-state index in [1.54, 1.807) is 27.7 Å². The molecule has 0 fully saturated rings. The first-order valence-corrected chi connectivity index (χ1v) is 12.4. The Morgan fingerprint density at radius 2 is 1.44 bits per heavy atom. The van der Waals surface area contributed by atoms with E-state index in [-0.39, 0.29) is 36.5 Å². The fourth-order valence-electron chi connectivity index (χ4n) is 2.95. The van der Waals surface area contributed by atoms with E-state index in [0.717, 1.165) is 0 Å². The first-order valence-electron chi connectivity index (χ1n) is 12.4. The van der Waals surface area contributed by atoms with E-state index >= 15 is 0 Å². The lowest BCUT2D eigenvalue weighted by Crippen LogP contribution is -2.59. The Kier molecular flexibility index (Phi) is 12.4. The minimum atomic E-state index is -2.16. The average molecular weight is 510 g/mol. The van der Waals surface area contributed by atoms with E-state index in [0.29, 0.717) is 24.8 Å². The fraction of sp³-hybridized carbons (Fsp3) is 0.615. The van der Waals surface area contributed by atoms with Crippen LogP contribution in [-0.2, 0) is 30.3 Å². The second kappa shape index (κ2) is 14.4. The predicted octanol–water partition coefficient (Wildman–Crippen LogP) is 4.47. The summed E-state index contributed by atoms with van der Waals surface area (Å²) in [5.41, 5.74) is -1.80. The molecule has 202 valence electrons. The maximum atomic E-state index is 12.5. The number of hydrogen-bond donors (Lipinski definition) is 2. The molecule has 36 heavy (non-hydrogen) atoms. The summed E-state index contributed by atoms with van der Waals surface area (Å²) in [6.07, 6.45) is 0.197. The van der Waals surface area contributed by atoms with E-state index in [1.807, 2.05) is 20.8 Å². The number of carboxylic acid groups (broad SMARTS) is 1. The lowest BCUT2D eigenvalue weighted by molar-refractivity contribution is -0.167. The van der Waals surface area contributed by atoms with Crippen molar-refractivity contribution in [2.75, 3.05) is 6.61 Å². The zero-order chi connectivity index (χ0) is 27.5. The maximum Gasteiger partial charge on any atom is 0.510 e. The molecule has 2 N–H and O–H groups in total. The van der Waals surface area contributed by atoms with Crippen molar-refractivity contribution < 1.29 is 43.2 Å². The molecule has 0 aliphatic carbocycles. The van der Waals surface area contributed by atoms with Gasteiger partial charge in [-0.2, -0.15) is 0 Å². The smallest absolute Gasteiger partial charge is 0.477 e. The second-order valence-electron chi connectivity index (χ2n) is 8.79. The van der Waals surface area contributed by atoms with Crippen LogP contribution in [0.1, 0.15) is 73.3 Å². The molecular formula is C26H39NO9. The quantitative estimate of drug-likeness (QED) is 0.210. The number of rotatable bonds is 14. The number of aliphatic carboxylic acids is 1. The highest BCUT2D eigenvalue weighted by atomic mass is 16.7. The van der Waals surface area contributed by atoms with E-state index < -0.39 is 35.7 Å². The van der Waals surface area contributed by atoms with Gasteiger partial charge in [0, 0.05) is 12.5 Å². The van der Waals surface area contributed by atoms with Gasteiger partial charge in [-0.1, -0.05) is 40.7 Å². The molecule has 0 bridgehead atoms. The summed E-state index contributed by atoms with van der Waals surface area (Å²) >= 11 is 0. The number of carbonyl (C=O) groups excluding carboxylic acids is 3. The molecule has 0 aromatic heterocycles. The molecule has 0 saturated carbocycles. The summed E-state index contributed by atoms with van der Waals surface area (Å²) in [5.74, 6) is -3.24. The Labute approximate surface area is 212 Å². The Balaban J connectivity index is 3.49. The van der Waals surface area contributed by atoms with Crippen LogP contribution in [0.15, 0.2) is 18.2 Å². The van der Waals surface area contributed by atoms with Crippen molar-refractivity contribution in [3.63, 3.8) is 0 Å². The largest absolute Gasteiger partial charge is 0.510 e. The molecule has 0 heterocycles. The lowest BCUT2D eigenvalue weighted by Gasteiger charge is -2.32. The Morgan fingerprint density at radius 3 is 1.92 bits per heavy atom. The van der Waals surface area contributed by atoms with Crippen LogP contribution < -0.4 is 14.8 Å². The first-order chi connectivity index (χ1) is 16.9. The van der Waals surface area contributed by atoms with Crippen molar-refractivity contribution in [3.05, 3.63) is 23.8 Å². The Morgan fingerprint density at radius 1 is 0.889 bits per heavy atom. The van der Waals surface area contributed by atoms with Crippen LogP contribution in [-0.4, -0.2) is 47.5 Å². The van der Waals surface area contributed by atoms with Gasteiger partial charge >= 0.3 is 24.1 Å². The van der Waals surface area contributed by atoms with Crippen LogP contribution in [0.25, 0.3) is 0 Å². The highest BCUT2D eigenvalue weighted by Crippen LogP contribution is 2.32. The zero-order valence-electron chi connectivity index (χ0n) is 22.2. The van der Waals surface area contributed by atoms with E-state index in [4.69, 9.17) is 18.9 Å². The van der Waals surface area contributed by atoms with Gasteiger partial charge in [0.15, 0.2) is 11.5 Å². The fourth-order valence-corrected chi connectivity index (χ4v) is 2.95. The number of nitrogens with one attached hydrogen (secondary N) is 1. The van der Waals surface area contributed by atoms with Gasteiger partial charge in [0.05, 0.1) is 18.4 Å². The summed E-state index contributed by atoms with van der Waals surface area (Å²) in [5, 5.41) is 12.9. The SMILES string of the molecule is CCOC(=O)O[C@](Cc1ccc(OC(=O)C(C)CC)c(OC(=O)C(C)CC)c1)(NC(C)CC)C(=O)O. The summed E-state index contributed by atoms with van der Waals surface area (Å²) in [6.45, 7) is 12.3. The number of hydrogen-bond acceptors (Lipinski definition) is 9. The van der Waals surface area contributed by atoms with Gasteiger partial charge < -0.3 is 24.1 Å². The molecule has 0 amide bonds. The molecule has 1 aromatic carbocycles. The molecule has 1 rings (SSSR count).